The molecule has 0 spiro atoms. The molecule has 3 heteroatoms. The van der Waals surface area contributed by atoms with E-state index in [0.29, 0.717) is 5.56 Å². The zero-order valence-corrected chi connectivity index (χ0v) is 17.1. The summed E-state index contributed by atoms with van der Waals surface area (Å²) in [6.45, 7) is 13.2. The number of hydrogen-bond acceptors (Lipinski definition) is 2. The molecule has 0 aliphatic rings. The first-order valence-electron chi connectivity index (χ1n) is 8.73. The van der Waals surface area contributed by atoms with Crippen LogP contribution in [0.5, 0.6) is 0 Å². The Kier molecular flexibility index (Phi) is 5.56. The van der Waals surface area contributed by atoms with Gasteiger partial charge in [-0.15, -0.1) is 0 Å². The molecule has 0 aromatic heterocycles. The molecular formula is C22H30NOP. The predicted molar refractivity (Wildman–Crippen MR) is 110 cm³/mol. The van der Waals surface area contributed by atoms with E-state index in [-0.39, 0.29) is 16.1 Å². The Balaban J connectivity index is 2.75. The minimum atomic E-state index is -1.03. The fourth-order valence-electron chi connectivity index (χ4n) is 3.93. The highest BCUT2D eigenvalue weighted by Crippen LogP contribution is 2.69. The number of nitrogens with two attached hydrogens (primary N) is 1. The van der Waals surface area contributed by atoms with E-state index in [9.17, 15) is 4.79 Å². The molecule has 0 radical (unpaired) electrons. The summed E-state index contributed by atoms with van der Waals surface area (Å²) >= 11 is 0. The fraction of sp³-hybridized carbons (Fsp3) is 0.409. The van der Waals surface area contributed by atoms with Crippen LogP contribution in [0.1, 0.15) is 57.5 Å². The van der Waals surface area contributed by atoms with E-state index in [4.69, 9.17) is 5.73 Å². The van der Waals surface area contributed by atoms with Crippen molar-refractivity contribution in [2.45, 2.75) is 57.1 Å². The van der Waals surface area contributed by atoms with Gasteiger partial charge in [-0.1, -0.05) is 110 Å². The van der Waals surface area contributed by atoms with Crippen LogP contribution in [0, 0.1) is 0 Å². The van der Waals surface area contributed by atoms with Gasteiger partial charge in [0.25, 0.3) is 0 Å². The molecule has 0 aliphatic heterocycles. The molecule has 0 heterocycles. The number of carbonyl (C=O) groups is 1. The summed E-state index contributed by atoms with van der Waals surface area (Å²) in [5, 5.41) is -1.19. The van der Waals surface area contributed by atoms with Gasteiger partial charge in [0, 0.05) is 5.56 Å². The van der Waals surface area contributed by atoms with Crippen LogP contribution in [0.4, 0.5) is 0 Å². The van der Waals surface area contributed by atoms with Gasteiger partial charge in [0.15, 0.2) is 5.78 Å². The summed E-state index contributed by atoms with van der Waals surface area (Å²) in [5.74, 6) is 0.00950. The van der Waals surface area contributed by atoms with Gasteiger partial charge in [0.2, 0.25) is 0 Å². The second-order valence-electron chi connectivity index (χ2n) is 8.50. The Morgan fingerprint density at radius 1 is 0.760 bits per heavy atom. The number of rotatable bonds is 4. The molecule has 1 atom stereocenters. The van der Waals surface area contributed by atoms with E-state index in [1.54, 1.807) is 0 Å². The maximum absolute atomic E-state index is 13.7. The highest BCUT2D eigenvalue weighted by molar-refractivity contribution is 7.63. The Bertz CT molecular complexity index is 699. The van der Waals surface area contributed by atoms with Gasteiger partial charge in [0.05, 0.1) is 0 Å². The van der Waals surface area contributed by atoms with Crippen molar-refractivity contribution >= 4 is 13.7 Å². The Hall–Kier alpha value is -1.50. The topological polar surface area (TPSA) is 43.1 Å². The van der Waals surface area contributed by atoms with Gasteiger partial charge in [-0.2, -0.15) is 0 Å². The molecule has 0 amide bonds. The lowest BCUT2D eigenvalue weighted by Crippen LogP contribution is -2.50. The lowest BCUT2D eigenvalue weighted by Gasteiger charge is -2.51. The van der Waals surface area contributed by atoms with Crippen LogP contribution in [0.25, 0.3) is 0 Å². The van der Waals surface area contributed by atoms with E-state index < -0.39 is 13.2 Å². The first-order chi connectivity index (χ1) is 11.5. The Morgan fingerprint density at radius 3 is 1.56 bits per heavy atom. The van der Waals surface area contributed by atoms with Crippen LogP contribution in [0.15, 0.2) is 60.7 Å². The van der Waals surface area contributed by atoms with Crippen LogP contribution in [0.3, 0.4) is 0 Å². The van der Waals surface area contributed by atoms with Gasteiger partial charge in [-0.3, -0.25) is 4.79 Å². The molecule has 0 aliphatic carbocycles. The summed E-state index contributed by atoms with van der Waals surface area (Å²) in [4.78, 5) is 13.7. The lowest BCUT2D eigenvalue weighted by molar-refractivity contribution is 0.0938. The molecule has 1 unspecified atom stereocenters. The SMILES string of the molecule is CC(C)(C)P(C(C)(C)C)C(N)(C(=O)c1ccccc1)c1ccccc1. The Morgan fingerprint density at radius 2 is 1.16 bits per heavy atom. The molecule has 2 rings (SSSR count). The summed E-state index contributed by atoms with van der Waals surface area (Å²) in [6, 6.07) is 19.3. The van der Waals surface area contributed by atoms with Crippen molar-refractivity contribution < 1.29 is 4.79 Å². The van der Waals surface area contributed by atoms with Crippen molar-refractivity contribution in [2.75, 3.05) is 0 Å². The minimum absolute atomic E-state index is 0.00950. The van der Waals surface area contributed by atoms with Gasteiger partial charge in [-0.25, -0.2) is 0 Å². The summed E-state index contributed by atoms with van der Waals surface area (Å²) in [5.41, 5.74) is 8.67. The molecule has 25 heavy (non-hydrogen) atoms. The van der Waals surface area contributed by atoms with Crippen molar-refractivity contribution in [3.05, 3.63) is 71.8 Å². The zero-order chi connectivity index (χ0) is 18.9. The number of benzene rings is 2. The third kappa shape index (κ3) is 4.02. The van der Waals surface area contributed by atoms with Gasteiger partial charge in [0.1, 0.15) is 5.28 Å². The second-order valence-corrected chi connectivity index (χ2v) is 12.6. The quantitative estimate of drug-likeness (QED) is 0.560. The smallest absolute Gasteiger partial charge is 0.191 e. The molecule has 2 aromatic carbocycles. The van der Waals surface area contributed by atoms with Gasteiger partial charge >= 0.3 is 0 Å². The molecule has 0 saturated heterocycles. The average Bonchev–Trinajstić information content (AvgIpc) is 2.53. The molecule has 2 N–H and O–H groups in total. The van der Waals surface area contributed by atoms with Crippen LogP contribution < -0.4 is 5.73 Å². The first-order valence-corrected chi connectivity index (χ1v) is 10.1. The molecule has 2 nitrogen and oxygen atoms in total. The zero-order valence-electron chi connectivity index (χ0n) is 16.2. The maximum atomic E-state index is 13.7. The number of hydrogen-bond donors (Lipinski definition) is 1. The summed E-state index contributed by atoms with van der Waals surface area (Å²) in [7, 11) is -0.899. The normalized spacial score (nSPS) is 15.0. The minimum Gasteiger partial charge on any atom is -0.311 e. The van der Waals surface area contributed by atoms with E-state index in [2.05, 4.69) is 41.5 Å². The number of Topliss-reactive ketones (excluding diaryl/α,β-unsaturated/α-hetero) is 1. The predicted octanol–water partition coefficient (Wildman–Crippen LogP) is 5.76. The molecule has 134 valence electrons. The first kappa shape index (κ1) is 19.8. The third-order valence-electron chi connectivity index (χ3n) is 4.29. The van der Waals surface area contributed by atoms with Crippen molar-refractivity contribution in [1.82, 2.24) is 0 Å². The standard InChI is InChI=1S/C22H30NOP/c1-20(2,3)25(21(4,5)6)22(23,18-15-11-8-12-16-18)19(24)17-13-9-7-10-14-17/h7-16H,23H2,1-6H3. The second kappa shape index (κ2) is 7.02. The molecular weight excluding hydrogens is 325 g/mol. The monoisotopic (exact) mass is 355 g/mol. The summed E-state index contributed by atoms with van der Waals surface area (Å²) < 4.78 is 0. The van der Waals surface area contributed by atoms with Crippen LogP contribution in [-0.2, 0) is 5.28 Å². The van der Waals surface area contributed by atoms with Crippen LogP contribution >= 0.6 is 7.92 Å². The molecule has 0 bridgehead atoms. The number of ketones is 1. The average molecular weight is 355 g/mol. The highest BCUT2D eigenvalue weighted by atomic mass is 31.1. The van der Waals surface area contributed by atoms with E-state index in [0.717, 1.165) is 5.56 Å². The van der Waals surface area contributed by atoms with Gasteiger partial charge < -0.3 is 5.73 Å². The van der Waals surface area contributed by atoms with Crippen LogP contribution in [-0.4, -0.2) is 16.1 Å². The Labute approximate surface area is 153 Å². The van der Waals surface area contributed by atoms with E-state index >= 15 is 0 Å². The largest absolute Gasteiger partial charge is 0.311 e. The van der Waals surface area contributed by atoms with Gasteiger partial charge in [-0.05, 0) is 15.9 Å². The van der Waals surface area contributed by atoms with E-state index in [1.807, 2.05) is 60.7 Å². The number of carbonyl (C=O) groups excluding carboxylic acids is 1. The highest BCUT2D eigenvalue weighted by Gasteiger charge is 2.53. The van der Waals surface area contributed by atoms with Crippen LogP contribution in [0.2, 0.25) is 0 Å². The summed E-state index contributed by atoms with van der Waals surface area (Å²) in [6.07, 6.45) is 0. The van der Waals surface area contributed by atoms with Crippen molar-refractivity contribution in [3.8, 4) is 0 Å². The molecule has 2 aromatic rings. The lowest BCUT2D eigenvalue weighted by atomic mass is 9.97. The van der Waals surface area contributed by atoms with Crippen molar-refractivity contribution in [2.24, 2.45) is 5.73 Å². The molecule has 0 fully saturated rings. The fourth-order valence-corrected chi connectivity index (χ4v) is 8.80. The molecule has 0 saturated carbocycles. The maximum Gasteiger partial charge on any atom is 0.191 e. The third-order valence-corrected chi connectivity index (χ3v) is 8.14. The van der Waals surface area contributed by atoms with E-state index in [1.165, 1.54) is 0 Å². The van der Waals surface area contributed by atoms with Crippen molar-refractivity contribution in [1.29, 1.82) is 0 Å². The van der Waals surface area contributed by atoms with Crippen molar-refractivity contribution in [3.63, 3.8) is 0 Å².